The summed E-state index contributed by atoms with van der Waals surface area (Å²) in [5.41, 5.74) is 0. The van der Waals surface area contributed by atoms with Crippen LogP contribution in [0.5, 0.6) is 5.75 Å². The topological polar surface area (TPSA) is 20.2 Å². The predicted molar refractivity (Wildman–Crippen MR) is 51.9 cm³/mol. The Hall–Kier alpha value is -1.28. The lowest BCUT2D eigenvalue weighted by Crippen LogP contribution is -1.66. The maximum Gasteiger partial charge on any atom is 0.182 e. The maximum absolute atomic E-state index is 9.23. The molecule has 1 nitrogen and oxygen atoms in total. The van der Waals surface area contributed by atoms with Gasteiger partial charge < -0.3 is 5.11 Å². The lowest BCUT2D eigenvalue weighted by atomic mass is 10.3. The minimum absolute atomic E-state index is 0.0779. The van der Waals surface area contributed by atoms with Crippen molar-refractivity contribution in [3.05, 3.63) is 47.2 Å². The van der Waals surface area contributed by atoms with Crippen molar-refractivity contribution in [1.29, 1.82) is 0 Å². The molecule has 0 fully saturated rings. The van der Waals surface area contributed by atoms with Crippen molar-refractivity contribution in [2.24, 2.45) is 0 Å². The number of rotatable bonds is 1. The van der Waals surface area contributed by atoms with Crippen molar-refractivity contribution < 1.29 is 5.11 Å². The summed E-state index contributed by atoms with van der Waals surface area (Å²) in [6.45, 7) is 0. The highest BCUT2D eigenvalue weighted by Gasteiger charge is 2.06. The molecule has 60 valence electrons. The van der Waals surface area contributed by atoms with E-state index in [9.17, 15) is 5.11 Å². The normalized spacial score (nSPS) is 10.0. The molecule has 2 aromatic rings. The van der Waals surface area contributed by atoms with Crippen molar-refractivity contribution in [3.63, 3.8) is 0 Å². The van der Waals surface area contributed by atoms with Crippen LogP contribution < -0.4 is 0 Å². The first-order valence-corrected chi connectivity index (χ1v) is 5.07. The van der Waals surface area contributed by atoms with Crippen LogP contribution >= 0.6 is 10.5 Å². The number of hydrogen-bond donors (Lipinski definition) is 1. The summed E-state index contributed by atoms with van der Waals surface area (Å²) in [4.78, 5) is 1.17. The summed E-state index contributed by atoms with van der Waals surface area (Å²) < 4.78 is 0. The molecule has 1 aromatic carbocycles. The van der Waals surface area contributed by atoms with Crippen molar-refractivity contribution in [2.75, 3.05) is 0 Å². The predicted octanol–water partition coefficient (Wildman–Crippen LogP) is 3.13. The molecule has 0 saturated heterocycles. The highest BCUT2D eigenvalue weighted by molar-refractivity contribution is 7.36. The monoisotopic (exact) mass is 177 g/mol. The molecular formula is C10H9OS+. The van der Waals surface area contributed by atoms with Gasteiger partial charge in [-0.2, -0.15) is 0 Å². The van der Waals surface area contributed by atoms with Gasteiger partial charge in [-0.1, -0.05) is 6.07 Å². The van der Waals surface area contributed by atoms with Crippen molar-refractivity contribution in [3.8, 4) is 10.6 Å². The fraction of sp³-hybridized carbons (Fsp3) is 0. The molecule has 0 atom stereocenters. The van der Waals surface area contributed by atoms with Crippen molar-refractivity contribution in [2.45, 2.75) is 0 Å². The third-order valence-electron chi connectivity index (χ3n) is 1.65. The molecule has 1 heterocycles. The van der Waals surface area contributed by atoms with Crippen LogP contribution in [0.15, 0.2) is 47.2 Å². The Labute approximate surface area is 73.9 Å². The second-order valence-corrected chi connectivity index (χ2v) is 4.29. The van der Waals surface area contributed by atoms with E-state index in [2.05, 4.69) is 10.8 Å². The van der Waals surface area contributed by atoms with Crippen LogP contribution in [-0.4, -0.2) is 5.11 Å². The number of hydrogen-bond acceptors (Lipinski definition) is 1. The Kier molecular flexibility index (Phi) is 1.84. The van der Waals surface area contributed by atoms with Crippen LogP contribution in [0, 0.1) is 0 Å². The zero-order valence-corrected chi connectivity index (χ0v) is 7.29. The lowest BCUT2D eigenvalue weighted by Gasteiger charge is -1.90. The zero-order valence-electron chi connectivity index (χ0n) is 6.47. The van der Waals surface area contributed by atoms with Gasteiger partial charge >= 0.3 is 0 Å². The highest BCUT2D eigenvalue weighted by atomic mass is 32.2. The standard InChI is InChI=1S/C10H8OS/c11-9-4-3-5-10(8-9)12-6-1-2-7-12/h1-8H/p+1. The first kappa shape index (κ1) is 7.37. The summed E-state index contributed by atoms with van der Waals surface area (Å²) in [6.07, 6.45) is 0. The molecule has 2 heteroatoms. The van der Waals surface area contributed by atoms with Crippen LogP contribution in [0.3, 0.4) is 0 Å². The molecule has 0 aliphatic heterocycles. The lowest BCUT2D eigenvalue weighted by molar-refractivity contribution is 0.476. The Morgan fingerprint density at radius 3 is 2.42 bits per heavy atom. The summed E-state index contributed by atoms with van der Waals surface area (Å²) >= 11 is 0. The molecule has 0 aliphatic rings. The highest BCUT2D eigenvalue weighted by Crippen LogP contribution is 2.31. The van der Waals surface area contributed by atoms with E-state index in [-0.39, 0.29) is 10.5 Å². The van der Waals surface area contributed by atoms with E-state index in [0.717, 1.165) is 0 Å². The van der Waals surface area contributed by atoms with E-state index in [0.29, 0.717) is 5.75 Å². The Bertz CT molecular complexity index is 365. The second kappa shape index (κ2) is 2.99. The van der Waals surface area contributed by atoms with Gasteiger partial charge in [-0.3, -0.25) is 0 Å². The van der Waals surface area contributed by atoms with E-state index in [1.807, 2.05) is 30.3 Å². The minimum atomic E-state index is 0.0779. The van der Waals surface area contributed by atoms with E-state index in [1.165, 1.54) is 4.90 Å². The first-order chi connectivity index (χ1) is 5.86. The van der Waals surface area contributed by atoms with Gasteiger partial charge in [0.2, 0.25) is 0 Å². The minimum Gasteiger partial charge on any atom is -0.508 e. The quantitative estimate of drug-likeness (QED) is 0.663. The van der Waals surface area contributed by atoms with Gasteiger partial charge in [-0.15, -0.1) is 0 Å². The molecule has 2 rings (SSSR count). The van der Waals surface area contributed by atoms with Gasteiger partial charge in [0.25, 0.3) is 0 Å². The number of aromatic hydroxyl groups is 1. The molecular weight excluding hydrogens is 168 g/mol. The van der Waals surface area contributed by atoms with Crippen LogP contribution in [0.4, 0.5) is 0 Å². The number of thiophene rings is 1. The van der Waals surface area contributed by atoms with Crippen LogP contribution in [0.1, 0.15) is 0 Å². The average Bonchev–Trinajstić information content (AvgIpc) is 2.56. The van der Waals surface area contributed by atoms with Crippen LogP contribution in [-0.2, 0) is 0 Å². The second-order valence-electron chi connectivity index (χ2n) is 2.53. The molecule has 0 aliphatic carbocycles. The Morgan fingerprint density at radius 1 is 1.00 bits per heavy atom. The largest absolute Gasteiger partial charge is 0.508 e. The molecule has 0 unspecified atom stereocenters. The molecule has 12 heavy (non-hydrogen) atoms. The van der Waals surface area contributed by atoms with E-state index in [1.54, 1.807) is 6.07 Å². The van der Waals surface area contributed by atoms with E-state index >= 15 is 0 Å². The molecule has 0 amide bonds. The summed E-state index contributed by atoms with van der Waals surface area (Å²) in [5.74, 6) is 0.341. The van der Waals surface area contributed by atoms with Crippen LogP contribution in [0.2, 0.25) is 0 Å². The van der Waals surface area contributed by atoms with Gasteiger partial charge in [-0.05, 0) is 24.3 Å². The van der Waals surface area contributed by atoms with Crippen molar-refractivity contribution >= 4 is 10.5 Å². The Morgan fingerprint density at radius 2 is 1.75 bits per heavy atom. The van der Waals surface area contributed by atoms with Crippen molar-refractivity contribution in [1.82, 2.24) is 0 Å². The van der Waals surface area contributed by atoms with Gasteiger partial charge in [0.05, 0.1) is 0 Å². The number of phenols is 1. The SMILES string of the molecule is Oc1cccc(-[s+]2cccc2)c1. The van der Waals surface area contributed by atoms with Crippen LogP contribution in [0.25, 0.3) is 4.90 Å². The molecule has 1 N–H and O–H groups in total. The van der Waals surface area contributed by atoms with Gasteiger partial charge in [0, 0.05) is 16.5 Å². The summed E-state index contributed by atoms with van der Waals surface area (Å²) in [5, 5.41) is 13.5. The molecule has 0 bridgehead atoms. The smallest absolute Gasteiger partial charge is 0.182 e. The first-order valence-electron chi connectivity index (χ1n) is 3.72. The Balaban J connectivity index is 2.48. The molecule has 0 spiro atoms. The van der Waals surface area contributed by atoms with Gasteiger partial charge in [0.1, 0.15) is 16.5 Å². The summed E-state index contributed by atoms with van der Waals surface area (Å²) in [7, 11) is 0.0779. The average molecular weight is 177 g/mol. The number of phenolic OH excluding ortho intramolecular Hbond substituents is 1. The zero-order chi connectivity index (χ0) is 8.39. The van der Waals surface area contributed by atoms with E-state index < -0.39 is 0 Å². The molecule has 1 aromatic heterocycles. The maximum atomic E-state index is 9.23. The fourth-order valence-electron chi connectivity index (χ4n) is 1.09. The fourth-order valence-corrected chi connectivity index (χ4v) is 2.51. The molecule has 0 radical (unpaired) electrons. The van der Waals surface area contributed by atoms with Gasteiger partial charge in [0.15, 0.2) is 4.90 Å². The molecule has 0 saturated carbocycles. The summed E-state index contributed by atoms with van der Waals surface area (Å²) in [6, 6.07) is 11.5. The van der Waals surface area contributed by atoms with Gasteiger partial charge in [-0.25, -0.2) is 0 Å². The third-order valence-corrected chi connectivity index (χ3v) is 3.35. The third kappa shape index (κ3) is 1.34. The number of benzene rings is 1. The van der Waals surface area contributed by atoms with E-state index in [4.69, 9.17) is 0 Å².